The van der Waals surface area contributed by atoms with Crippen LogP contribution < -0.4 is 19.9 Å². The summed E-state index contributed by atoms with van der Waals surface area (Å²) >= 11 is 5.92. The van der Waals surface area contributed by atoms with Crippen molar-refractivity contribution >= 4 is 17.5 Å². The minimum Gasteiger partial charge on any atom is -0.496 e. The van der Waals surface area contributed by atoms with Crippen LogP contribution in [-0.4, -0.2) is 45.7 Å². The number of benzene rings is 2. The summed E-state index contributed by atoms with van der Waals surface area (Å²) in [7, 11) is 1.61. The summed E-state index contributed by atoms with van der Waals surface area (Å²) in [5.74, 6) is 0.540. The van der Waals surface area contributed by atoms with E-state index in [-0.39, 0.29) is 17.8 Å². The molecular formula is C22H29ClFN3O2+2. The van der Waals surface area contributed by atoms with E-state index >= 15 is 0 Å². The van der Waals surface area contributed by atoms with Crippen LogP contribution in [0.25, 0.3) is 0 Å². The van der Waals surface area contributed by atoms with Crippen molar-refractivity contribution in [1.82, 2.24) is 5.32 Å². The number of amides is 1. The van der Waals surface area contributed by atoms with Gasteiger partial charge in [-0.2, -0.15) is 0 Å². The van der Waals surface area contributed by atoms with Gasteiger partial charge in [-0.3, -0.25) is 4.79 Å². The van der Waals surface area contributed by atoms with Crippen LogP contribution in [0.4, 0.5) is 4.39 Å². The molecule has 1 fully saturated rings. The van der Waals surface area contributed by atoms with Gasteiger partial charge in [0.05, 0.1) is 18.7 Å². The van der Waals surface area contributed by atoms with Crippen molar-refractivity contribution in [3.8, 4) is 5.75 Å². The molecule has 1 aliphatic heterocycles. The summed E-state index contributed by atoms with van der Waals surface area (Å²) in [5, 5.41) is 3.76. The molecule has 1 saturated heterocycles. The van der Waals surface area contributed by atoms with E-state index in [1.807, 2.05) is 31.2 Å². The van der Waals surface area contributed by atoms with E-state index in [4.69, 9.17) is 16.3 Å². The van der Waals surface area contributed by atoms with Crippen molar-refractivity contribution < 1.29 is 23.7 Å². The van der Waals surface area contributed by atoms with E-state index < -0.39 is 0 Å². The molecule has 2 aromatic carbocycles. The standard InChI is InChI=1S/C22H27ClFN3O2/c1-16(17-3-5-19(23)6-4-17)25-22(28)15-27-11-9-26(10-12-27)14-18-13-20(24)7-8-21(18)29-2/h3-8,13,16H,9-12,14-15H2,1-2H3,(H,25,28)/p+2/t16-/m0/s1. The maximum Gasteiger partial charge on any atom is 0.275 e. The van der Waals surface area contributed by atoms with Crippen LogP contribution in [0.3, 0.4) is 0 Å². The maximum absolute atomic E-state index is 13.6. The molecule has 1 atom stereocenters. The Morgan fingerprint density at radius 2 is 1.79 bits per heavy atom. The van der Waals surface area contributed by atoms with Crippen LogP contribution in [0.2, 0.25) is 5.02 Å². The summed E-state index contributed by atoms with van der Waals surface area (Å²) < 4.78 is 18.9. The zero-order valence-corrected chi connectivity index (χ0v) is 17.7. The first kappa shape index (κ1) is 21.6. The molecule has 0 aliphatic carbocycles. The highest BCUT2D eigenvalue weighted by molar-refractivity contribution is 6.30. The van der Waals surface area contributed by atoms with Gasteiger partial charge in [0, 0.05) is 5.02 Å². The molecule has 29 heavy (non-hydrogen) atoms. The summed E-state index contributed by atoms with van der Waals surface area (Å²) in [4.78, 5) is 15.1. The minimum absolute atomic E-state index is 0.0495. The molecule has 0 unspecified atom stereocenters. The Balaban J connectivity index is 1.45. The second kappa shape index (κ2) is 10.1. The van der Waals surface area contributed by atoms with Gasteiger partial charge >= 0.3 is 0 Å². The molecule has 7 heteroatoms. The first-order chi connectivity index (χ1) is 13.9. The lowest BCUT2D eigenvalue weighted by atomic mass is 10.1. The second-order valence-electron chi connectivity index (χ2n) is 7.65. The van der Waals surface area contributed by atoms with Crippen LogP contribution in [0, 0.1) is 5.82 Å². The number of ether oxygens (including phenoxy) is 1. The van der Waals surface area contributed by atoms with E-state index in [0.717, 1.165) is 49.6 Å². The summed E-state index contributed by atoms with van der Waals surface area (Å²) in [5.41, 5.74) is 1.93. The molecule has 2 aromatic rings. The van der Waals surface area contributed by atoms with Crippen LogP contribution in [0.5, 0.6) is 5.75 Å². The molecule has 1 aliphatic rings. The third kappa shape index (κ3) is 6.16. The fourth-order valence-electron chi connectivity index (χ4n) is 3.82. The molecule has 3 rings (SSSR count). The Morgan fingerprint density at radius 1 is 1.14 bits per heavy atom. The van der Waals surface area contributed by atoms with Gasteiger partial charge in [0.25, 0.3) is 5.91 Å². The first-order valence-corrected chi connectivity index (χ1v) is 10.4. The summed E-state index contributed by atoms with van der Waals surface area (Å²) in [6.07, 6.45) is 0. The molecule has 0 spiro atoms. The number of carbonyl (C=O) groups excluding carboxylic acids is 1. The number of quaternary nitrogens is 2. The van der Waals surface area contributed by atoms with Gasteiger partial charge in [0.15, 0.2) is 6.54 Å². The van der Waals surface area contributed by atoms with Gasteiger partial charge < -0.3 is 19.9 Å². The highest BCUT2D eigenvalue weighted by Gasteiger charge is 2.26. The van der Waals surface area contributed by atoms with Gasteiger partial charge in [-0.1, -0.05) is 23.7 Å². The highest BCUT2D eigenvalue weighted by Crippen LogP contribution is 2.18. The highest BCUT2D eigenvalue weighted by atomic mass is 35.5. The van der Waals surface area contributed by atoms with Gasteiger partial charge in [0.2, 0.25) is 0 Å². The fourth-order valence-corrected chi connectivity index (χ4v) is 3.95. The van der Waals surface area contributed by atoms with Crippen LogP contribution in [0.15, 0.2) is 42.5 Å². The number of halogens is 2. The number of methoxy groups -OCH3 is 1. The molecule has 5 nitrogen and oxygen atoms in total. The van der Waals surface area contributed by atoms with Crippen molar-refractivity contribution in [3.05, 3.63) is 64.4 Å². The van der Waals surface area contributed by atoms with Crippen LogP contribution in [-0.2, 0) is 11.3 Å². The molecule has 1 heterocycles. The van der Waals surface area contributed by atoms with Crippen molar-refractivity contribution in [1.29, 1.82) is 0 Å². The van der Waals surface area contributed by atoms with E-state index in [9.17, 15) is 9.18 Å². The lowest BCUT2D eigenvalue weighted by molar-refractivity contribution is -1.02. The summed E-state index contributed by atoms with van der Waals surface area (Å²) in [6, 6.07) is 12.1. The second-order valence-corrected chi connectivity index (χ2v) is 8.09. The van der Waals surface area contributed by atoms with Crippen molar-refractivity contribution in [2.45, 2.75) is 19.5 Å². The quantitative estimate of drug-likeness (QED) is 0.614. The Morgan fingerprint density at radius 3 is 2.45 bits per heavy atom. The zero-order chi connectivity index (χ0) is 20.8. The van der Waals surface area contributed by atoms with Crippen molar-refractivity contribution in [2.75, 3.05) is 39.8 Å². The molecule has 156 valence electrons. The maximum atomic E-state index is 13.6. The minimum atomic E-state index is -0.240. The van der Waals surface area contributed by atoms with Gasteiger partial charge in [-0.05, 0) is 42.8 Å². The normalized spacial score (nSPS) is 20.1. The predicted octanol–water partition coefficient (Wildman–Crippen LogP) is 0.649. The van der Waals surface area contributed by atoms with E-state index in [2.05, 4.69) is 5.32 Å². The molecule has 0 aromatic heterocycles. The first-order valence-electron chi connectivity index (χ1n) is 9.99. The molecule has 0 saturated carbocycles. The Kier molecular flexibility index (Phi) is 7.47. The van der Waals surface area contributed by atoms with E-state index in [1.165, 1.54) is 15.9 Å². The number of rotatable bonds is 7. The average molecular weight is 422 g/mol. The van der Waals surface area contributed by atoms with Gasteiger partial charge in [-0.15, -0.1) is 0 Å². The SMILES string of the molecule is COc1ccc(F)cc1C[NH+]1CC[NH+](CC(=O)N[C@@H](C)c2ccc(Cl)cc2)CC1. The van der Waals surface area contributed by atoms with Gasteiger partial charge in [0.1, 0.15) is 44.3 Å². The average Bonchev–Trinajstić information content (AvgIpc) is 2.70. The molecule has 1 amide bonds. The third-order valence-corrected chi connectivity index (χ3v) is 5.76. The molecule has 0 radical (unpaired) electrons. The zero-order valence-electron chi connectivity index (χ0n) is 16.9. The topological polar surface area (TPSA) is 47.2 Å². The number of hydrogen-bond donors (Lipinski definition) is 3. The Labute approximate surface area is 176 Å². The predicted molar refractivity (Wildman–Crippen MR) is 111 cm³/mol. The smallest absolute Gasteiger partial charge is 0.275 e. The lowest BCUT2D eigenvalue weighted by Gasteiger charge is -2.30. The number of carbonyl (C=O) groups is 1. The Bertz CT molecular complexity index is 823. The summed E-state index contributed by atoms with van der Waals surface area (Å²) in [6.45, 7) is 6.88. The Hall–Kier alpha value is -2.15. The van der Waals surface area contributed by atoms with Crippen molar-refractivity contribution in [2.24, 2.45) is 0 Å². The van der Waals surface area contributed by atoms with Gasteiger partial charge in [-0.25, -0.2) is 4.39 Å². The van der Waals surface area contributed by atoms with E-state index in [1.54, 1.807) is 19.2 Å². The van der Waals surface area contributed by atoms with Crippen molar-refractivity contribution in [3.63, 3.8) is 0 Å². The number of hydrogen-bond acceptors (Lipinski definition) is 2. The lowest BCUT2D eigenvalue weighted by Crippen LogP contribution is -3.28. The monoisotopic (exact) mass is 421 g/mol. The largest absolute Gasteiger partial charge is 0.496 e. The number of nitrogens with one attached hydrogen (secondary N) is 3. The number of piperazine rings is 1. The van der Waals surface area contributed by atoms with Crippen LogP contribution >= 0.6 is 11.6 Å². The molecule has 0 bridgehead atoms. The fraction of sp³-hybridized carbons (Fsp3) is 0.409. The third-order valence-electron chi connectivity index (χ3n) is 5.51. The molecule has 3 N–H and O–H groups in total. The van der Waals surface area contributed by atoms with E-state index in [0.29, 0.717) is 11.6 Å². The van der Waals surface area contributed by atoms with Crippen LogP contribution in [0.1, 0.15) is 24.1 Å². The molecular weight excluding hydrogens is 393 g/mol.